The highest BCUT2D eigenvalue weighted by Gasteiger charge is 2.15. The number of pyridine rings is 1. The molecule has 2 N–H and O–H groups in total. The van der Waals surface area contributed by atoms with Gasteiger partial charge in [-0.1, -0.05) is 12.2 Å². The van der Waals surface area contributed by atoms with Crippen LogP contribution in [0.4, 0.5) is 5.69 Å². The van der Waals surface area contributed by atoms with Crippen molar-refractivity contribution in [1.82, 2.24) is 4.98 Å². The lowest BCUT2D eigenvalue weighted by molar-refractivity contribution is 0.673. The van der Waals surface area contributed by atoms with Gasteiger partial charge in [0.1, 0.15) is 4.99 Å². The van der Waals surface area contributed by atoms with Gasteiger partial charge in [-0.25, -0.2) is 0 Å². The molecule has 86 valence electrons. The van der Waals surface area contributed by atoms with E-state index in [4.69, 9.17) is 18.0 Å². The van der Waals surface area contributed by atoms with Crippen molar-refractivity contribution >= 4 is 33.7 Å². The highest BCUT2D eigenvalue weighted by Crippen LogP contribution is 2.15. The quantitative estimate of drug-likeness (QED) is 0.770. The lowest BCUT2D eigenvalue weighted by atomic mass is 10.3. The van der Waals surface area contributed by atoms with Crippen LogP contribution < -0.4 is 10.6 Å². The predicted octanol–water partition coefficient (Wildman–Crippen LogP) is 0.284. The number of nitrogens with two attached hydrogens (primary N) is 1. The van der Waals surface area contributed by atoms with E-state index in [1.807, 2.05) is 12.1 Å². The number of rotatable bonds is 2. The number of hydrogen-bond donors (Lipinski definition) is 1. The average Bonchev–Trinajstić information content (AvgIpc) is 2.30. The van der Waals surface area contributed by atoms with Crippen LogP contribution in [0.1, 0.15) is 5.69 Å². The van der Waals surface area contributed by atoms with Crippen LogP contribution in [0.5, 0.6) is 0 Å². The minimum absolute atomic E-state index is 0.311. The van der Waals surface area contributed by atoms with E-state index in [-0.39, 0.29) is 0 Å². The van der Waals surface area contributed by atoms with Crippen molar-refractivity contribution in [3.05, 3.63) is 24.0 Å². The Morgan fingerprint density at radius 2 is 2.12 bits per heavy atom. The van der Waals surface area contributed by atoms with Crippen molar-refractivity contribution in [2.45, 2.75) is 0 Å². The Morgan fingerprint density at radius 3 is 2.62 bits per heavy atom. The average molecular weight is 255 g/mol. The number of nitrogens with zero attached hydrogens (tertiary/aromatic N) is 2. The Balaban J connectivity index is 2.10. The second-order valence-corrected chi connectivity index (χ2v) is 5.74. The fourth-order valence-corrected chi connectivity index (χ4v) is 2.79. The van der Waals surface area contributed by atoms with Gasteiger partial charge in [-0.3, -0.25) is 9.19 Å². The topological polar surface area (TPSA) is 59.2 Å². The Morgan fingerprint density at radius 1 is 1.44 bits per heavy atom. The number of hydrogen-bond acceptors (Lipinski definition) is 4. The van der Waals surface area contributed by atoms with Crippen LogP contribution in [0, 0.1) is 0 Å². The second-order valence-electron chi connectivity index (χ2n) is 3.60. The molecule has 6 heteroatoms. The molecule has 0 amide bonds. The summed E-state index contributed by atoms with van der Waals surface area (Å²) in [4.78, 5) is 6.68. The molecule has 0 radical (unpaired) electrons. The summed E-state index contributed by atoms with van der Waals surface area (Å²) in [6, 6.07) is 3.78. The van der Waals surface area contributed by atoms with Crippen molar-refractivity contribution in [2.24, 2.45) is 5.73 Å². The molecule has 2 rings (SSSR count). The van der Waals surface area contributed by atoms with Crippen LogP contribution in [0.15, 0.2) is 18.3 Å². The highest BCUT2D eigenvalue weighted by atomic mass is 32.2. The fourth-order valence-electron chi connectivity index (χ4n) is 1.61. The Labute approximate surface area is 102 Å². The van der Waals surface area contributed by atoms with Crippen molar-refractivity contribution in [3.63, 3.8) is 0 Å². The molecule has 0 saturated carbocycles. The van der Waals surface area contributed by atoms with Crippen molar-refractivity contribution in [2.75, 3.05) is 29.5 Å². The molecule has 1 aliphatic rings. The summed E-state index contributed by atoms with van der Waals surface area (Å²) in [5.41, 5.74) is 7.15. The molecule has 0 spiro atoms. The summed E-state index contributed by atoms with van der Waals surface area (Å²) in [5, 5.41) is 0. The van der Waals surface area contributed by atoms with E-state index < -0.39 is 10.8 Å². The van der Waals surface area contributed by atoms with Gasteiger partial charge in [0, 0.05) is 35.4 Å². The minimum atomic E-state index is -0.649. The lowest BCUT2D eigenvalue weighted by Gasteiger charge is -2.28. The number of anilines is 1. The third-order valence-electron chi connectivity index (χ3n) is 2.54. The second kappa shape index (κ2) is 4.88. The van der Waals surface area contributed by atoms with E-state index in [1.54, 1.807) is 6.20 Å². The third kappa shape index (κ3) is 2.56. The Kier molecular flexibility index (Phi) is 3.50. The van der Waals surface area contributed by atoms with Gasteiger partial charge in [-0.2, -0.15) is 0 Å². The summed E-state index contributed by atoms with van der Waals surface area (Å²) in [7, 11) is -0.649. The highest BCUT2D eigenvalue weighted by molar-refractivity contribution is 7.85. The van der Waals surface area contributed by atoms with E-state index in [0.717, 1.165) is 30.3 Å². The first kappa shape index (κ1) is 11.5. The van der Waals surface area contributed by atoms with Gasteiger partial charge in [-0.15, -0.1) is 0 Å². The molecular formula is C10H13N3OS2. The molecule has 1 aliphatic heterocycles. The zero-order valence-electron chi connectivity index (χ0n) is 8.76. The molecule has 1 saturated heterocycles. The number of aromatic nitrogens is 1. The maximum atomic E-state index is 11.2. The van der Waals surface area contributed by atoms with Crippen LogP contribution in [0.25, 0.3) is 0 Å². The van der Waals surface area contributed by atoms with E-state index in [1.165, 1.54) is 0 Å². The van der Waals surface area contributed by atoms with Gasteiger partial charge in [-0.05, 0) is 12.1 Å². The predicted molar refractivity (Wildman–Crippen MR) is 70.2 cm³/mol. The Hall–Kier alpha value is -1.01. The van der Waals surface area contributed by atoms with Gasteiger partial charge in [0.25, 0.3) is 0 Å². The maximum Gasteiger partial charge on any atom is 0.122 e. The fraction of sp³-hybridized carbons (Fsp3) is 0.400. The summed E-state index contributed by atoms with van der Waals surface area (Å²) in [5.74, 6) is 1.47. The lowest BCUT2D eigenvalue weighted by Crippen LogP contribution is -2.37. The molecule has 0 atom stereocenters. The molecule has 2 heterocycles. The standard InChI is InChI=1S/C10H13N3OS2/c11-10(15)9-2-1-8(7-12-9)13-3-5-16(14)6-4-13/h1-2,7H,3-6H2,(H2,11,15). The normalized spacial score (nSPS) is 17.4. The molecule has 4 nitrogen and oxygen atoms in total. The first-order chi connectivity index (χ1) is 7.66. The monoisotopic (exact) mass is 255 g/mol. The van der Waals surface area contributed by atoms with Gasteiger partial charge < -0.3 is 10.6 Å². The summed E-state index contributed by atoms with van der Waals surface area (Å²) in [6.07, 6.45) is 1.77. The van der Waals surface area contributed by atoms with E-state index in [9.17, 15) is 4.21 Å². The van der Waals surface area contributed by atoms with Crippen LogP contribution in [-0.4, -0.2) is 38.8 Å². The van der Waals surface area contributed by atoms with Gasteiger partial charge in [0.05, 0.1) is 17.6 Å². The van der Waals surface area contributed by atoms with E-state index in [0.29, 0.717) is 10.7 Å². The largest absolute Gasteiger partial charge is 0.388 e. The third-order valence-corrected chi connectivity index (χ3v) is 4.03. The molecule has 16 heavy (non-hydrogen) atoms. The minimum Gasteiger partial charge on any atom is -0.388 e. The van der Waals surface area contributed by atoms with Gasteiger partial charge in [0.15, 0.2) is 0 Å². The zero-order valence-corrected chi connectivity index (χ0v) is 10.4. The molecule has 0 unspecified atom stereocenters. The molecule has 1 fully saturated rings. The molecule has 0 aliphatic carbocycles. The Bertz CT molecular complexity index is 409. The SMILES string of the molecule is NC(=S)c1ccc(N2CCS(=O)CC2)cn1. The van der Waals surface area contributed by atoms with Crippen molar-refractivity contribution < 1.29 is 4.21 Å². The molecule has 1 aromatic rings. The van der Waals surface area contributed by atoms with Crippen LogP contribution >= 0.6 is 12.2 Å². The number of thiocarbonyl (C=S) groups is 1. The van der Waals surface area contributed by atoms with Crippen molar-refractivity contribution in [3.8, 4) is 0 Å². The van der Waals surface area contributed by atoms with Gasteiger partial charge >= 0.3 is 0 Å². The maximum absolute atomic E-state index is 11.2. The van der Waals surface area contributed by atoms with Crippen molar-refractivity contribution in [1.29, 1.82) is 0 Å². The van der Waals surface area contributed by atoms with Crippen LogP contribution in [0.3, 0.4) is 0 Å². The van der Waals surface area contributed by atoms with Crippen LogP contribution in [-0.2, 0) is 10.8 Å². The first-order valence-corrected chi connectivity index (χ1v) is 6.92. The smallest absolute Gasteiger partial charge is 0.122 e. The van der Waals surface area contributed by atoms with Crippen LogP contribution in [0.2, 0.25) is 0 Å². The van der Waals surface area contributed by atoms with Gasteiger partial charge in [0.2, 0.25) is 0 Å². The van der Waals surface area contributed by atoms with E-state index in [2.05, 4.69) is 9.88 Å². The molecular weight excluding hydrogens is 242 g/mol. The first-order valence-electron chi connectivity index (χ1n) is 5.02. The molecule has 1 aromatic heterocycles. The van der Waals surface area contributed by atoms with E-state index >= 15 is 0 Å². The summed E-state index contributed by atoms with van der Waals surface area (Å²) < 4.78 is 11.2. The summed E-state index contributed by atoms with van der Waals surface area (Å²) >= 11 is 4.84. The zero-order chi connectivity index (χ0) is 11.5. The summed E-state index contributed by atoms with van der Waals surface area (Å²) in [6.45, 7) is 1.64. The molecule has 0 bridgehead atoms. The molecule has 0 aromatic carbocycles.